The van der Waals surface area contributed by atoms with Gasteiger partial charge in [-0.15, -0.1) is 0 Å². The third kappa shape index (κ3) is 4.16. The Bertz CT molecular complexity index is 419. The second-order valence-corrected chi connectivity index (χ2v) is 4.54. The van der Waals surface area contributed by atoms with Gasteiger partial charge in [0.05, 0.1) is 13.7 Å². The number of hydrogen-bond donors (Lipinski definition) is 2. The van der Waals surface area contributed by atoms with Gasteiger partial charge in [-0.2, -0.15) is 0 Å². The smallest absolute Gasteiger partial charge is 0.239 e. The lowest BCUT2D eigenvalue weighted by Gasteiger charge is -2.20. The van der Waals surface area contributed by atoms with Crippen molar-refractivity contribution in [2.24, 2.45) is 0 Å². The number of likely N-dealkylation sites (N-methyl/N-ethyl adjacent to an activating group) is 1. The Hall–Kier alpha value is -1.91. The van der Waals surface area contributed by atoms with Crippen LogP contribution in [-0.2, 0) is 4.79 Å². The summed E-state index contributed by atoms with van der Waals surface area (Å²) in [7, 11) is 3.43. The highest BCUT2D eigenvalue weighted by Crippen LogP contribution is 2.24. The van der Waals surface area contributed by atoms with Gasteiger partial charge < -0.3 is 20.7 Å². The zero-order valence-corrected chi connectivity index (χ0v) is 11.4. The molecular weight excluding hydrogens is 230 g/mol. The number of carbonyl (C=O) groups is 1. The molecule has 0 aliphatic carbocycles. The fourth-order valence-corrected chi connectivity index (χ4v) is 1.62. The molecule has 5 nitrogen and oxygen atoms in total. The van der Waals surface area contributed by atoms with E-state index in [2.05, 4.69) is 5.32 Å². The lowest BCUT2D eigenvalue weighted by atomic mass is 10.2. The summed E-state index contributed by atoms with van der Waals surface area (Å²) in [6.07, 6.45) is 0. The number of hydrogen-bond acceptors (Lipinski definition) is 4. The number of methoxy groups -OCH3 is 1. The van der Waals surface area contributed by atoms with E-state index in [1.807, 2.05) is 37.9 Å². The molecule has 18 heavy (non-hydrogen) atoms. The van der Waals surface area contributed by atoms with E-state index in [9.17, 15) is 4.79 Å². The molecule has 0 heterocycles. The highest BCUT2D eigenvalue weighted by atomic mass is 16.5. The summed E-state index contributed by atoms with van der Waals surface area (Å²) in [4.78, 5) is 13.5. The first kappa shape index (κ1) is 14.2. The van der Waals surface area contributed by atoms with Gasteiger partial charge in [-0.3, -0.25) is 4.79 Å². The number of nitrogens with two attached hydrogens (primary N) is 1. The highest BCUT2D eigenvalue weighted by molar-refractivity contribution is 5.81. The van der Waals surface area contributed by atoms with Crippen molar-refractivity contribution in [1.29, 1.82) is 0 Å². The Kier molecular flexibility index (Phi) is 4.83. The van der Waals surface area contributed by atoms with E-state index in [0.29, 0.717) is 11.4 Å². The molecule has 0 radical (unpaired) electrons. The Labute approximate surface area is 108 Å². The van der Waals surface area contributed by atoms with Crippen LogP contribution in [0.4, 0.5) is 11.4 Å². The van der Waals surface area contributed by atoms with Gasteiger partial charge in [0.25, 0.3) is 0 Å². The summed E-state index contributed by atoms with van der Waals surface area (Å²) in [5.41, 5.74) is 7.24. The third-order valence-electron chi connectivity index (χ3n) is 2.42. The molecule has 0 saturated carbocycles. The minimum Gasteiger partial charge on any atom is -0.497 e. The number of anilines is 2. The Balaban J connectivity index is 2.74. The van der Waals surface area contributed by atoms with Gasteiger partial charge >= 0.3 is 0 Å². The van der Waals surface area contributed by atoms with Crippen molar-refractivity contribution in [1.82, 2.24) is 5.32 Å². The molecule has 0 aromatic heterocycles. The molecule has 1 aromatic rings. The summed E-state index contributed by atoms with van der Waals surface area (Å²) in [5, 5.41) is 2.84. The van der Waals surface area contributed by atoms with E-state index in [4.69, 9.17) is 10.5 Å². The summed E-state index contributed by atoms with van der Waals surface area (Å²) in [6.45, 7) is 4.15. The predicted octanol–water partition coefficient (Wildman–Crippen LogP) is 1.24. The van der Waals surface area contributed by atoms with Crippen LogP contribution in [-0.4, -0.2) is 32.7 Å². The van der Waals surface area contributed by atoms with Gasteiger partial charge in [-0.05, 0) is 19.9 Å². The van der Waals surface area contributed by atoms with Crippen molar-refractivity contribution in [3.8, 4) is 5.75 Å². The minimum absolute atomic E-state index is 0.0195. The number of ether oxygens (including phenoxy) is 1. The Morgan fingerprint density at radius 2 is 2.11 bits per heavy atom. The number of rotatable bonds is 5. The number of benzene rings is 1. The van der Waals surface area contributed by atoms with E-state index in [0.717, 1.165) is 5.69 Å². The monoisotopic (exact) mass is 251 g/mol. The van der Waals surface area contributed by atoms with Crippen LogP contribution in [0.25, 0.3) is 0 Å². The molecule has 1 rings (SSSR count). The quantitative estimate of drug-likeness (QED) is 0.773. The normalized spacial score (nSPS) is 10.3. The molecule has 0 saturated heterocycles. The molecule has 0 aliphatic heterocycles. The van der Waals surface area contributed by atoms with Crippen molar-refractivity contribution in [2.45, 2.75) is 19.9 Å². The molecular formula is C13H21N3O2. The molecule has 0 atom stereocenters. The number of carbonyl (C=O) groups excluding carboxylic acids is 1. The standard InChI is InChI=1S/C13H21N3O2/c1-9(2)15-13(17)8-16(3)11-5-10(14)6-12(7-11)18-4/h5-7,9H,8,14H2,1-4H3,(H,15,17). The van der Waals surface area contributed by atoms with E-state index in [1.165, 1.54) is 0 Å². The van der Waals surface area contributed by atoms with Crippen LogP contribution >= 0.6 is 0 Å². The molecule has 0 unspecified atom stereocenters. The Morgan fingerprint density at radius 1 is 1.44 bits per heavy atom. The topological polar surface area (TPSA) is 67.6 Å². The van der Waals surface area contributed by atoms with Gasteiger partial charge in [-0.1, -0.05) is 0 Å². The zero-order valence-electron chi connectivity index (χ0n) is 11.4. The maximum absolute atomic E-state index is 11.7. The predicted molar refractivity (Wildman–Crippen MR) is 74.0 cm³/mol. The summed E-state index contributed by atoms with van der Waals surface area (Å²) < 4.78 is 5.15. The van der Waals surface area contributed by atoms with E-state index in [-0.39, 0.29) is 18.5 Å². The van der Waals surface area contributed by atoms with Crippen molar-refractivity contribution >= 4 is 17.3 Å². The SMILES string of the molecule is COc1cc(N)cc(N(C)CC(=O)NC(C)C)c1. The van der Waals surface area contributed by atoms with Crippen molar-refractivity contribution in [3.63, 3.8) is 0 Å². The van der Waals surface area contributed by atoms with E-state index < -0.39 is 0 Å². The van der Waals surface area contributed by atoms with Gasteiger partial charge in [0.1, 0.15) is 5.75 Å². The largest absolute Gasteiger partial charge is 0.497 e. The van der Waals surface area contributed by atoms with Crippen LogP contribution in [0.15, 0.2) is 18.2 Å². The molecule has 5 heteroatoms. The first-order valence-electron chi connectivity index (χ1n) is 5.87. The van der Waals surface area contributed by atoms with Crippen LogP contribution in [0.2, 0.25) is 0 Å². The van der Waals surface area contributed by atoms with Gasteiger partial charge in [-0.25, -0.2) is 0 Å². The van der Waals surface area contributed by atoms with E-state index >= 15 is 0 Å². The minimum atomic E-state index is -0.0195. The average Bonchev–Trinajstić information content (AvgIpc) is 2.26. The maximum atomic E-state index is 11.7. The molecule has 3 N–H and O–H groups in total. The Morgan fingerprint density at radius 3 is 2.67 bits per heavy atom. The van der Waals surface area contributed by atoms with Crippen molar-refractivity contribution < 1.29 is 9.53 Å². The number of nitrogens with one attached hydrogen (secondary N) is 1. The van der Waals surface area contributed by atoms with Crippen molar-refractivity contribution in [3.05, 3.63) is 18.2 Å². The fourth-order valence-electron chi connectivity index (χ4n) is 1.62. The fraction of sp³-hybridized carbons (Fsp3) is 0.462. The van der Waals surface area contributed by atoms with Crippen LogP contribution in [0.3, 0.4) is 0 Å². The lowest BCUT2D eigenvalue weighted by molar-refractivity contribution is -0.120. The van der Waals surface area contributed by atoms with Crippen LogP contribution in [0.5, 0.6) is 5.75 Å². The van der Waals surface area contributed by atoms with Gasteiger partial charge in [0.15, 0.2) is 0 Å². The number of nitrogens with zero attached hydrogens (tertiary/aromatic N) is 1. The molecule has 1 amide bonds. The summed E-state index contributed by atoms with van der Waals surface area (Å²) >= 11 is 0. The first-order chi connectivity index (χ1) is 8.42. The molecule has 1 aromatic carbocycles. The van der Waals surface area contributed by atoms with E-state index in [1.54, 1.807) is 13.2 Å². The average molecular weight is 251 g/mol. The van der Waals surface area contributed by atoms with Gasteiger partial charge in [0.2, 0.25) is 5.91 Å². The third-order valence-corrected chi connectivity index (χ3v) is 2.42. The van der Waals surface area contributed by atoms with Gasteiger partial charge in [0, 0.05) is 36.6 Å². The number of amides is 1. The highest BCUT2D eigenvalue weighted by Gasteiger charge is 2.10. The molecule has 0 fully saturated rings. The molecule has 100 valence electrons. The second kappa shape index (κ2) is 6.14. The number of nitrogen functional groups attached to an aromatic ring is 1. The maximum Gasteiger partial charge on any atom is 0.239 e. The van der Waals surface area contributed by atoms with Crippen LogP contribution < -0.4 is 20.7 Å². The summed E-state index contributed by atoms with van der Waals surface area (Å²) in [5.74, 6) is 0.662. The molecule has 0 spiro atoms. The summed E-state index contributed by atoms with van der Waals surface area (Å²) in [6, 6.07) is 5.54. The van der Waals surface area contributed by atoms with Crippen LogP contribution in [0, 0.1) is 0 Å². The van der Waals surface area contributed by atoms with Crippen LogP contribution in [0.1, 0.15) is 13.8 Å². The first-order valence-corrected chi connectivity index (χ1v) is 5.87. The van der Waals surface area contributed by atoms with Crippen molar-refractivity contribution in [2.75, 3.05) is 31.3 Å². The molecule has 0 aliphatic rings. The second-order valence-electron chi connectivity index (χ2n) is 4.54. The molecule has 0 bridgehead atoms. The zero-order chi connectivity index (χ0) is 13.7. The lowest BCUT2D eigenvalue weighted by Crippen LogP contribution is -2.38.